The molecule has 0 bridgehead atoms. The minimum Gasteiger partial charge on any atom is -0.497 e. The lowest BCUT2D eigenvalue weighted by atomic mass is 10.2. The lowest BCUT2D eigenvalue weighted by molar-refractivity contribution is -0.113. The molecule has 27 heavy (non-hydrogen) atoms. The van der Waals surface area contributed by atoms with E-state index in [4.69, 9.17) is 9.47 Å². The highest BCUT2D eigenvalue weighted by atomic mass is 32.2. The van der Waals surface area contributed by atoms with Gasteiger partial charge in [0.25, 0.3) is 0 Å². The number of ether oxygens (including phenoxy) is 2. The zero-order chi connectivity index (χ0) is 19.2. The van der Waals surface area contributed by atoms with Gasteiger partial charge in [-0.25, -0.2) is 0 Å². The fourth-order valence-electron chi connectivity index (χ4n) is 2.37. The summed E-state index contributed by atoms with van der Waals surface area (Å²) in [6.45, 7) is 0. The summed E-state index contributed by atoms with van der Waals surface area (Å²) in [6, 6.07) is 10.8. The molecule has 1 N–H and O–H groups in total. The van der Waals surface area contributed by atoms with Crippen molar-refractivity contribution in [3.63, 3.8) is 0 Å². The molecule has 0 aliphatic heterocycles. The Morgan fingerprint density at radius 2 is 1.89 bits per heavy atom. The zero-order valence-electron chi connectivity index (χ0n) is 15.2. The maximum absolute atomic E-state index is 12.3. The Balaban J connectivity index is 1.64. The Kier molecular flexibility index (Phi) is 5.92. The first-order chi connectivity index (χ1) is 13.1. The second-order valence-electron chi connectivity index (χ2n) is 5.52. The SMILES string of the molecule is COc1cc(NC(=O)CSc2nnc(-c3ccccn3)n2C)cc(OC)c1. The summed E-state index contributed by atoms with van der Waals surface area (Å²) in [5.41, 5.74) is 1.33. The number of pyridine rings is 1. The van der Waals surface area contributed by atoms with E-state index >= 15 is 0 Å². The predicted octanol–water partition coefficient (Wildman–Crippen LogP) is 2.63. The van der Waals surface area contributed by atoms with Crippen LogP contribution in [0.3, 0.4) is 0 Å². The lowest BCUT2D eigenvalue weighted by Crippen LogP contribution is -2.14. The average Bonchev–Trinajstić information content (AvgIpc) is 3.07. The van der Waals surface area contributed by atoms with E-state index in [1.165, 1.54) is 11.8 Å². The molecule has 0 fully saturated rings. The fourth-order valence-corrected chi connectivity index (χ4v) is 3.08. The summed E-state index contributed by atoms with van der Waals surface area (Å²) in [5, 5.41) is 11.8. The first-order valence-corrected chi connectivity index (χ1v) is 9.05. The predicted molar refractivity (Wildman–Crippen MR) is 103 cm³/mol. The number of hydrogen-bond donors (Lipinski definition) is 1. The van der Waals surface area contributed by atoms with Gasteiger partial charge in [-0.1, -0.05) is 17.8 Å². The third-order valence-electron chi connectivity index (χ3n) is 3.70. The van der Waals surface area contributed by atoms with Crippen LogP contribution in [0, 0.1) is 0 Å². The summed E-state index contributed by atoms with van der Waals surface area (Å²) >= 11 is 1.30. The van der Waals surface area contributed by atoms with E-state index < -0.39 is 0 Å². The molecule has 0 unspecified atom stereocenters. The summed E-state index contributed by atoms with van der Waals surface area (Å²) in [6.07, 6.45) is 1.70. The molecule has 8 nitrogen and oxygen atoms in total. The van der Waals surface area contributed by atoms with Crippen LogP contribution in [0.5, 0.6) is 11.5 Å². The molecular weight excluding hydrogens is 366 g/mol. The van der Waals surface area contributed by atoms with Crippen LogP contribution in [0.1, 0.15) is 0 Å². The van der Waals surface area contributed by atoms with Gasteiger partial charge in [0.05, 0.1) is 20.0 Å². The van der Waals surface area contributed by atoms with E-state index in [-0.39, 0.29) is 11.7 Å². The van der Waals surface area contributed by atoms with Crippen LogP contribution in [0.15, 0.2) is 47.8 Å². The van der Waals surface area contributed by atoms with Gasteiger partial charge in [-0.3, -0.25) is 9.78 Å². The number of rotatable bonds is 7. The largest absolute Gasteiger partial charge is 0.497 e. The van der Waals surface area contributed by atoms with Crippen LogP contribution in [0.25, 0.3) is 11.5 Å². The molecule has 0 aliphatic carbocycles. The lowest BCUT2D eigenvalue weighted by Gasteiger charge is -2.09. The number of nitrogens with one attached hydrogen (secondary N) is 1. The number of methoxy groups -OCH3 is 2. The van der Waals surface area contributed by atoms with Crippen LogP contribution in [0.4, 0.5) is 5.69 Å². The molecule has 2 aromatic heterocycles. The summed E-state index contributed by atoms with van der Waals surface area (Å²) in [4.78, 5) is 16.6. The van der Waals surface area contributed by atoms with Gasteiger partial charge in [0.15, 0.2) is 11.0 Å². The van der Waals surface area contributed by atoms with E-state index in [2.05, 4.69) is 20.5 Å². The molecule has 140 valence electrons. The first-order valence-electron chi connectivity index (χ1n) is 8.07. The van der Waals surface area contributed by atoms with Crippen molar-refractivity contribution in [3.05, 3.63) is 42.6 Å². The van der Waals surface area contributed by atoms with E-state index in [0.29, 0.717) is 28.2 Å². The van der Waals surface area contributed by atoms with E-state index in [0.717, 1.165) is 5.69 Å². The number of carbonyl (C=O) groups is 1. The number of nitrogens with zero attached hydrogens (tertiary/aromatic N) is 4. The molecule has 1 aromatic carbocycles. The Labute approximate surface area is 160 Å². The molecule has 0 radical (unpaired) electrons. The van der Waals surface area contributed by atoms with Crippen molar-refractivity contribution >= 4 is 23.4 Å². The van der Waals surface area contributed by atoms with Gasteiger partial charge in [0.2, 0.25) is 5.91 Å². The van der Waals surface area contributed by atoms with Gasteiger partial charge in [-0.05, 0) is 12.1 Å². The average molecular weight is 385 g/mol. The van der Waals surface area contributed by atoms with Crippen LogP contribution in [-0.2, 0) is 11.8 Å². The van der Waals surface area contributed by atoms with Gasteiger partial charge >= 0.3 is 0 Å². The van der Waals surface area contributed by atoms with Gasteiger partial charge in [0, 0.05) is 37.1 Å². The number of aromatic nitrogens is 4. The molecule has 0 aliphatic rings. The van der Waals surface area contributed by atoms with Crippen LogP contribution < -0.4 is 14.8 Å². The second-order valence-corrected chi connectivity index (χ2v) is 6.46. The van der Waals surface area contributed by atoms with Crippen molar-refractivity contribution in [2.45, 2.75) is 5.16 Å². The highest BCUT2D eigenvalue weighted by Gasteiger charge is 2.14. The normalized spacial score (nSPS) is 10.5. The Morgan fingerprint density at radius 1 is 1.15 bits per heavy atom. The Hall–Kier alpha value is -3.07. The van der Waals surface area contributed by atoms with E-state index in [1.54, 1.807) is 38.6 Å². The first kappa shape index (κ1) is 18.7. The smallest absolute Gasteiger partial charge is 0.234 e. The van der Waals surface area contributed by atoms with E-state index in [1.807, 2.05) is 29.8 Å². The monoisotopic (exact) mass is 385 g/mol. The highest BCUT2D eigenvalue weighted by molar-refractivity contribution is 7.99. The molecule has 9 heteroatoms. The number of hydrogen-bond acceptors (Lipinski definition) is 7. The van der Waals surface area contributed by atoms with Crippen molar-refractivity contribution < 1.29 is 14.3 Å². The number of benzene rings is 1. The maximum atomic E-state index is 12.3. The van der Waals surface area contributed by atoms with Gasteiger partial charge in [0.1, 0.15) is 17.2 Å². The minimum atomic E-state index is -0.169. The number of thioether (sulfide) groups is 1. The molecular formula is C18H19N5O3S. The zero-order valence-corrected chi connectivity index (χ0v) is 16.0. The molecule has 3 rings (SSSR count). The summed E-state index contributed by atoms with van der Waals surface area (Å²) < 4.78 is 12.2. The Bertz CT molecular complexity index is 908. The second kappa shape index (κ2) is 8.54. The topological polar surface area (TPSA) is 91.2 Å². The molecule has 3 aromatic rings. The third kappa shape index (κ3) is 4.56. The molecule has 0 spiro atoms. The fraction of sp³-hybridized carbons (Fsp3) is 0.222. The van der Waals surface area contributed by atoms with Crippen molar-refractivity contribution in [2.75, 3.05) is 25.3 Å². The highest BCUT2D eigenvalue weighted by Crippen LogP contribution is 2.26. The summed E-state index contributed by atoms with van der Waals surface area (Å²) in [5.74, 6) is 1.87. The Morgan fingerprint density at radius 3 is 2.52 bits per heavy atom. The van der Waals surface area contributed by atoms with E-state index in [9.17, 15) is 4.79 Å². The molecule has 0 atom stereocenters. The van der Waals surface area contributed by atoms with Crippen molar-refractivity contribution in [3.8, 4) is 23.0 Å². The van der Waals surface area contributed by atoms with Gasteiger partial charge in [-0.15, -0.1) is 10.2 Å². The number of anilines is 1. The van der Waals surface area contributed by atoms with Crippen LogP contribution in [0.2, 0.25) is 0 Å². The maximum Gasteiger partial charge on any atom is 0.234 e. The van der Waals surface area contributed by atoms with Gasteiger partial charge in [-0.2, -0.15) is 0 Å². The molecule has 2 heterocycles. The van der Waals surface area contributed by atoms with Crippen molar-refractivity contribution in [1.82, 2.24) is 19.7 Å². The molecule has 0 saturated heterocycles. The van der Waals surface area contributed by atoms with Gasteiger partial charge < -0.3 is 19.4 Å². The van der Waals surface area contributed by atoms with Crippen molar-refractivity contribution in [2.24, 2.45) is 7.05 Å². The van der Waals surface area contributed by atoms with Crippen molar-refractivity contribution in [1.29, 1.82) is 0 Å². The standard InChI is InChI=1S/C18H19N5O3S/c1-23-17(15-6-4-5-7-19-15)21-22-18(23)27-11-16(24)20-12-8-13(25-2)10-14(9-12)26-3/h4-10H,11H2,1-3H3,(H,20,24). The summed E-state index contributed by atoms with van der Waals surface area (Å²) in [7, 11) is 4.96. The third-order valence-corrected chi connectivity index (χ3v) is 4.72. The minimum absolute atomic E-state index is 0.169. The molecule has 1 amide bonds. The van der Waals surface area contributed by atoms with Crippen LogP contribution >= 0.6 is 11.8 Å². The van der Waals surface area contributed by atoms with Crippen LogP contribution in [-0.4, -0.2) is 45.6 Å². The quantitative estimate of drug-likeness (QED) is 0.625. The number of carbonyl (C=O) groups excluding carboxylic acids is 1. The number of amides is 1. The molecule has 0 saturated carbocycles.